The Bertz CT molecular complexity index is 188. The molecular formula is C9H16O4S. The van der Waals surface area contributed by atoms with Gasteiger partial charge in [0.05, 0.1) is 6.10 Å². The van der Waals surface area contributed by atoms with Gasteiger partial charge in [-0.1, -0.05) is 6.08 Å². The highest BCUT2D eigenvalue weighted by Gasteiger charge is 2.42. The van der Waals surface area contributed by atoms with Gasteiger partial charge in [-0.05, 0) is 0 Å². The van der Waals surface area contributed by atoms with E-state index in [0.29, 0.717) is 5.75 Å². The van der Waals surface area contributed by atoms with Gasteiger partial charge in [0, 0.05) is 18.6 Å². The van der Waals surface area contributed by atoms with Crippen molar-refractivity contribution in [3.8, 4) is 0 Å². The first-order valence-electron chi connectivity index (χ1n) is 4.43. The molecule has 0 spiro atoms. The molecule has 1 saturated heterocycles. The summed E-state index contributed by atoms with van der Waals surface area (Å²) in [6.07, 6.45) is -1.10. The van der Waals surface area contributed by atoms with Gasteiger partial charge in [0.25, 0.3) is 0 Å². The Hall–Kier alpha value is -0.0700. The quantitative estimate of drug-likeness (QED) is 0.504. The number of ether oxygens (including phenoxy) is 2. The van der Waals surface area contributed by atoms with E-state index in [2.05, 4.69) is 6.58 Å². The van der Waals surface area contributed by atoms with Crippen molar-refractivity contribution in [1.29, 1.82) is 0 Å². The van der Waals surface area contributed by atoms with Crippen molar-refractivity contribution < 1.29 is 19.7 Å². The van der Waals surface area contributed by atoms with Crippen molar-refractivity contribution in [2.24, 2.45) is 0 Å². The Morgan fingerprint density at radius 3 is 2.71 bits per heavy atom. The fraction of sp³-hybridized carbons (Fsp3) is 0.778. The van der Waals surface area contributed by atoms with Gasteiger partial charge in [0.1, 0.15) is 12.2 Å². The molecule has 0 aromatic rings. The monoisotopic (exact) mass is 220 g/mol. The van der Waals surface area contributed by atoms with Crippen molar-refractivity contribution in [3.63, 3.8) is 0 Å². The maximum atomic E-state index is 9.56. The molecule has 14 heavy (non-hydrogen) atoms. The molecule has 4 nitrogen and oxygen atoms in total. The Labute approximate surface area is 87.9 Å². The van der Waals surface area contributed by atoms with Crippen LogP contribution in [0.3, 0.4) is 0 Å². The minimum Gasteiger partial charge on any atom is -0.387 e. The third-order valence-electron chi connectivity index (χ3n) is 2.07. The first-order valence-corrected chi connectivity index (χ1v) is 5.59. The SMILES string of the molecule is C=CCSC[C@H]1O[C@H](OC)[C@@H](O)[C@@H]1O. The van der Waals surface area contributed by atoms with Crippen LogP contribution in [0.2, 0.25) is 0 Å². The van der Waals surface area contributed by atoms with E-state index in [-0.39, 0.29) is 6.10 Å². The van der Waals surface area contributed by atoms with Gasteiger partial charge in [-0.2, -0.15) is 11.8 Å². The van der Waals surface area contributed by atoms with E-state index in [1.807, 2.05) is 0 Å². The van der Waals surface area contributed by atoms with Crippen LogP contribution in [0.4, 0.5) is 0 Å². The average molecular weight is 220 g/mol. The third-order valence-corrected chi connectivity index (χ3v) is 3.10. The van der Waals surface area contributed by atoms with Crippen LogP contribution in [-0.2, 0) is 9.47 Å². The summed E-state index contributed by atoms with van der Waals surface area (Å²) in [7, 11) is 1.44. The predicted molar refractivity (Wildman–Crippen MR) is 55.2 cm³/mol. The second kappa shape index (κ2) is 5.72. The highest BCUT2D eigenvalue weighted by molar-refractivity contribution is 7.99. The summed E-state index contributed by atoms with van der Waals surface area (Å²) in [5.41, 5.74) is 0. The van der Waals surface area contributed by atoms with Crippen LogP contribution in [0.5, 0.6) is 0 Å². The predicted octanol–water partition coefficient (Wildman–Crippen LogP) is -0.00130. The number of hydrogen-bond donors (Lipinski definition) is 2. The molecule has 1 aliphatic rings. The first kappa shape index (κ1) is 12.0. The van der Waals surface area contributed by atoms with Crippen LogP contribution in [0.1, 0.15) is 0 Å². The molecule has 2 N–H and O–H groups in total. The molecule has 1 aliphatic heterocycles. The molecule has 1 rings (SSSR count). The van der Waals surface area contributed by atoms with E-state index in [9.17, 15) is 10.2 Å². The lowest BCUT2D eigenvalue weighted by molar-refractivity contribution is -0.145. The van der Waals surface area contributed by atoms with Crippen LogP contribution in [0, 0.1) is 0 Å². The molecule has 0 radical (unpaired) electrons. The maximum Gasteiger partial charge on any atom is 0.186 e. The summed E-state index contributed by atoms with van der Waals surface area (Å²) in [6.45, 7) is 3.59. The first-order chi connectivity index (χ1) is 6.70. The van der Waals surface area contributed by atoms with E-state index in [4.69, 9.17) is 9.47 Å². The van der Waals surface area contributed by atoms with Crippen LogP contribution < -0.4 is 0 Å². The van der Waals surface area contributed by atoms with Crippen LogP contribution in [0.15, 0.2) is 12.7 Å². The smallest absolute Gasteiger partial charge is 0.186 e. The molecule has 0 unspecified atom stereocenters. The van der Waals surface area contributed by atoms with Gasteiger partial charge in [0.15, 0.2) is 6.29 Å². The zero-order chi connectivity index (χ0) is 10.6. The Morgan fingerprint density at radius 1 is 1.50 bits per heavy atom. The lowest BCUT2D eigenvalue weighted by Crippen LogP contribution is -2.33. The van der Waals surface area contributed by atoms with Crippen molar-refractivity contribution in [2.45, 2.75) is 24.6 Å². The van der Waals surface area contributed by atoms with Gasteiger partial charge in [-0.3, -0.25) is 0 Å². The van der Waals surface area contributed by atoms with Crippen LogP contribution in [-0.4, -0.2) is 53.4 Å². The van der Waals surface area contributed by atoms with E-state index in [0.717, 1.165) is 5.75 Å². The van der Waals surface area contributed by atoms with Crippen molar-refractivity contribution in [2.75, 3.05) is 18.6 Å². The highest BCUT2D eigenvalue weighted by Crippen LogP contribution is 2.24. The zero-order valence-electron chi connectivity index (χ0n) is 8.13. The van der Waals surface area contributed by atoms with Crippen molar-refractivity contribution in [3.05, 3.63) is 12.7 Å². The molecule has 0 aromatic carbocycles. The highest BCUT2D eigenvalue weighted by atomic mass is 32.2. The molecule has 0 saturated carbocycles. The van der Waals surface area contributed by atoms with Gasteiger partial charge < -0.3 is 19.7 Å². The molecular weight excluding hydrogens is 204 g/mol. The molecule has 1 heterocycles. The van der Waals surface area contributed by atoms with Crippen LogP contribution >= 0.6 is 11.8 Å². The lowest BCUT2D eigenvalue weighted by Gasteiger charge is -2.12. The van der Waals surface area contributed by atoms with Gasteiger partial charge in [-0.15, -0.1) is 6.58 Å². The number of aliphatic hydroxyl groups is 2. The number of aliphatic hydroxyl groups excluding tert-OH is 2. The largest absolute Gasteiger partial charge is 0.387 e. The maximum absolute atomic E-state index is 9.56. The number of hydrogen-bond acceptors (Lipinski definition) is 5. The number of rotatable bonds is 5. The summed E-state index contributed by atoms with van der Waals surface area (Å²) in [5.74, 6) is 1.43. The molecule has 0 bridgehead atoms. The van der Waals surface area contributed by atoms with E-state index < -0.39 is 18.5 Å². The minimum atomic E-state index is -0.950. The summed E-state index contributed by atoms with van der Waals surface area (Å²) < 4.78 is 10.2. The normalized spacial score (nSPS) is 37.4. The van der Waals surface area contributed by atoms with Gasteiger partial charge in [0.2, 0.25) is 0 Å². The summed E-state index contributed by atoms with van der Waals surface area (Å²) >= 11 is 1.60. The summed E-state index contributed by atoms with van der Waals surface area (Å²) in [5, 5.41) is 19.0. The van der Waals surface area contributed by atoms with Crippen molar-refractivity contribution >= 4 is 11.8 Å². The molecule has 0 aliphatic carbocycles. The number of thioether (sulfide) groups is 1. The van der Waals surface area contributed by atoms with Gasteiger partial charge in [-0.25, -0.2) is 0 Å². The topological polar surface area (TPSA) is 58.9 Å². The summed E-state index contributed by atoms with van der Waals surface area (Å²) in [6, 6.07) is 0. The van der Waals surface area contributed by atoms with E-state index >= 15 is 0 Å². The summed E-state index contributed by atoms with van der Waals surface area (Å²) in [4.78, 5) is 0. The lowest BCUT2D eigenvalue weighted by atomic mass is 10.2. The van der Waals surface area contributed by atoms with Crippen molar-refractivity contribution in [1.82, 2.24) is 0 Å². The third kappa shape index (κ3) is 2.71. The molecule has 4 atom stereocenters. The fourth-order valence-electron chi connectivity index (χ4n) is 1.31. The molecule has 82 valence electrons. The number of methoxy groups -OCH3 is 1. The zero-order valence-corrected chi connectivity index (χ0v) is 8.94. The van der Waals surface area contributed by atoms with Crippen LogP contribution in [0.25, 0.3) is 0 Å². The van der Waals surface area contributed by atoms with E-state index in [1.54, 1.807) is 17.8 Å². The average Bonchev–Trinajstić information content (AvgIpc) is 2.46. The Morgan fingerprint density at radius 2 is 2.21 bits per heavy atom. The Kier molecular flexibility index (Phi) is 4.91. The molecule has 5 heteroatoms. The molecule has 0 amide bonds. The fourth-order valence-corrected chi connectivity index (χ4v) is 2.13. The van der Waals surface area contributed by atoms with Gasteiger partial charge >= 0.3 is 0 Å². The second-order valence-corrected chi connectivity index (χ2v) is 4.16. The second-order valence-electron chi connectivity index (χ2n) is 3.09. The molecule has 0 aromatic heterocycles. The minimum absolute atomic E-state index is 0.361. The standard InChI is InChI=1S/C9H16O4S/c1-3-4-14-5-6-7(10)8(11)9(12-2)13-6/h3,6-11H,1,4-5H2,2H3/t6-,7-,8+,9+/m1/s1. The van der Waals surface area contributed by atoms with E-state index in [1.165, 1.54) is 7.11 Å². The molecule has 1 fully saturated rings. The Balaban J connectivity index is 2.36.